The maximum Gasteiger partial charge on any atom is 0.248 e. The molecule has 1 unspecified atom stereocenters. The fraction of sp³-hybridized carbons (Fsp3) is 0.174. The molecule has 2 N–H and O–H groups in total. The lowest BCUT2D eigenvalue weighted by molar-refractivity contribution is -0.128. The summed E-state index contributed by atoms with van der Waals surface area (Å²) in [6.45, 7) is 1.93. The first-order valence-electron chi connectivity index (χ1n) is 9.76. The van der Waals surface area contributed by atoms with Crippen molar-refractivity contribution in [3.63, 3.8) is 0 Å². The number of benzene rings is 2. The third-order valence-corrected chi connectivity index (χ3v) is 4.97. The van der Waals surface area contributed by atoms with Crippen molar-refractivity contribution in [3.8, 4) is 0 Å². The number of hydrogen-bond donors (Lipinski definition) is 2. The summed E-state index contributed by atoms with van der Waals surface area (Å²) in [4.78, 5) is 19.5. The van der Waals surface area contributed by atoms with Crippen LogP contribution in [0.1, 0.15) is 30.1 Å². The second-order valence-corrected chi connectivity index (χ2v) is 7.00. The van der Waals surface area contributed by atoms with E-state index in [2.05, 4.69) is 15.4 Å². The second kappa shape index (κ2) is 8.75. The fourth-order valence-corrected chi connectivity index (χ4v) is 3.49. The third-order valence-electron chi connectivity index (χ3n) is 4.97. The lowest BCUT2D eigenvalue weighted by atomic mass is 10.0. The minimum Gasteiger partial charge on any atom is -0.370 e. The highest BCUT2D eigenvalue weighted by Gasteiger charge is 2.36. The van der Waals surface area contributed by atoms with Crippen LogP contribution in [-0.2, 0) is 4.79 Å². The predicted molar refractivity (Wildman–Crippen MR) is 114 cm³/mol. The number of nitrogens with zero attached hydrogens (tertiary/aromatic N) is 4. The zero-order valence-electron chi connectivity index (χ0n) is 16.5. The summed E-state index contributed by atoms with van der Waals surface area (Å²) < 4.78 is 1.54. The van der Waals surface area contributed by atoms with Crippen LogP contribution in [0.25, 0.3) is 0 Å². The molecular formula is C23H23N5O2. The van der Waals surface area contributed by atoms with Gasteiger partial charge in [0.1, 0.15) is 6.04 Å². The summed E-state index contributed by atoms with van der Waals surface area (Å²) >= 11 is 0. The van der Waals surface area contributed by atoms with E-state index in [9.17, 15) is 9.90 Å². The second-order valence-electron chi connectivity index (χ2n) is 7.00. The molecule has 0 bridgehead atoms. The summed E-state index contributed by atoms with van der Waals surface area (Å²) in [5.74, 6) is 0.123. The van der Waals surface area contributed by atoms with E-state index in [1.165, 1.54) is 17.0 Å². The van der Waals surface area contributed by atoms with Crippen LogP contribution in [0.4, 0.5) is 0 Å². The molecule has 0 aliphatic carbocycles. The average molecular weight is 401 g/mol. The summed E-state index contributed by atoms with van der Waals surface area (Å²) in [6.07, 6.45) is 5.37. The number of carbonyl (C=O) groups excluding carboxylic acids is 1. The van der Waals surface area contributed by atoms with Gasteiger partial charge < -0.3 is 10.4 Å². The van der Waals surface area contributed by atoms with Crippen LogP contribution < -0.4 is 5.32 Å². The van der Waals surface area contributed by atoms with Crippen LogP contribution in [0.5, 0.6) is 0 Å². The van der Waals surface area contributed by atoms with Gasteiger partial charge in [0.15, 0.2) is 6.23 Å². The van der Waals surface area contributed by atoms with Gasteiger partial charge in [0.2, 0.25) is 11.9 Å². The monoisotopic (exact) mass is 401 g/mol. The Labute approximate surface area is 175 Å². The van der Waals surface area contributed by atoms with Crippen molar-refractivity contribution in [1.82, 2.24) is 20.0 Å². The van der Waals surface area contributed by atoms with Crippen molar-refractivity contribution in [2.75, 3.05) is 0 Å². The molecule has 0 saturated heterocycles. The van der Waals surface area contributed by atoms with Gasteiger partial charge in [-0.3, -0.25) is 9.69 Å². The van der Waals surface area contributed by atoms with E-state index >= 15 is 0 Å². The highest BCUT2D eigenvalue weighted by molar-refractivity contribution is 5.91. The molecule has 152 valence electrons. The minimum atomic E-state index is -1.04. The molecule has 0 saturated carbocycles. The Hall–Kier alpha value is -3.71. The number of aliphatic hydroxyl groups is 1. The van der Waals surface area contributed by atoms with E-state index in [-0.39, 0.29) is 11.9 Å². The van der Waals surface area contributed by atoms with Crippen LogP contribution in [0, 0.1) is 0 Å². The van der Waals surface area contributed by atoms with Crippen LogP contribution in [-0.4, -0.2) is 37.9 Å². The van der Waals surface area contributed by atoms with Gasteiger partial charge in [-0.1, -0.05) is 60.7 Å². The highest BCUT2D eigenvalue weighted by Crippen LogP contribution is 2.27. The van der Waals surface area contributed by atoms with Gasteiger partial charge in [-0.05, 0) is 30.2 Å². The molecule has 1 aliphatic rings. The van der Waals surface area contributed by atoms with E-state index in [4.69, 9.17) is 0 Å². The number of nitrogens with one attached hydrogen (secondary N) is 1. The molecule has 3 aromatic rings. The average Bonchev–Trinajstić information content (AvgIpc) is 3.31. The van der Waals surface area contributed by atoms with Crippen molar-refractivity contribution in [2.24, 2.45) is 4.99 Å². The molecule has 0 radical (unpaired) electrons. The molecule has 30 heavy (non-hydrogen) atoms. The van der Waals surface area contributed by atoms with E-state index < -0.39 is 12.3 Å². The number of aliphatic imine (C=N–C) groups is 1. The minimum absolute atomic E-state index is 0.201. The Morgan fingerprint density at radius 1 is 1.03 bits per heavy atom. The Morgan fingerprint density at radius 3 is 2.33 bits per heavy atom. The maximum atomic E-state index is 13.5. The summed E-state index contributed by atoms with van der Waals surface area (Å²) in [5, 5.41) is 18.1. The standard InChI is InChI=1S/C23H23N5O2/c1-17(18-9-4-2-5-10-18)26-22(30)21(19-11-6-3-7-12-19)28-20(29)13-15-24-23(28)27-16-8-14-25-27/h2-17,20-21,29H,1H3,(H,26,30)/t17-,20?,21-/m1/s1. The van der Waals surface area contributed by atoms with Gasteiger partial charge in [0.25, 0.3) is 0 Å². The topological polar surface area (TPSA) is 82.8 Å². The van der Waals surface area contributed by atoms with Gasteiger partial charge in [-0.2, -0.15) is 5.10 Å². The Kier molecular flexibility index (Phi) is 5.72. The molecular weight excluding hydrogens is 378 g/mol. The van der Waals surface area contributed by atoms with E-state index in [0.717, 1.165) is 11.1 Å². The number of amides is 1. The van der Waals surface area contributed by atoms with Gasteiger partial charge in [-0.15, -0.1) is 0 Å². The van der Waals surface area contributed by atoms with Crippen molar-refractivity contribution in [3.05, 3.63) is 103 Å². The third kappa shape index (κ3) is 4.01. The first-order chi connectivity index (χ1) is 14.6. The molecule has 0 spiro atoms. The molecule has 7 heteroatoms. The van der Waals surface area contributed by atoms with Gasteiger partial charge in [0, 0.05) is 18.6 Å². The maximum absolute atomic E-state index is 13.5. The zero-order chi connectivity index (χ0) is 20.9. The molecule has 2 aromatic carbocycles. The van der Waals surface area contributed by atoms with E-state index in [1.54, 1.807) is 23.4 Å². The summed E-state index contributed by atoms with van der Waals surface area (Å²) in [6, 6.07) is 19.9. The lowest BCUT2D eigenvalue weighted by Gasteiger charge is -2.37. The summed E-state index contributed by atoms with van der Waals surface area (Å²) in [7, 11) is 0. The molecule has 0 fully saturated rings. The zero-order valence-corrected chi connectivity index (χ0v) is 16.5. The Balaban J connectivity index is 1.70. The number of carbonyl (C=O) groups is 1. The summed E-state index contributed by atoms with van der Waals surface area (Å²) in [5.41, 5.74) is 1.74. The SMILES string of the molecule is C[C@@H](NC(=O)[C@@H](c1ccccc1)N1C(n2cccn2)=NC=CC1O)c1ccccc1. The van der Waals surface area contributed by atoms with Gasteiger partial charge >= 0.3 is 0 Å². The van der Waals surface area contributed by atoms with Crippen LogP contribution >= 0.6 is 0 Å². The van der Waals surface area contributed by atoms with Gasteiger partial charge in [-0.25, -0.2) is 9.67 Å². The van der Waals surface area contributed by atoms with Crippen molar-refractivity contribution < 1.29 is 9.90 Å². The molecule has 7 nitrogen and oxygen atoms in total. The number of rotatable bonds is 5. The number of aromatic nitrogens is 2. The Bertz CT molecular complexity index is 1030. The largest absolute Gasteiger partial charge is 0.370 e. The van der Waals surface area contributed by atoms with Crippen molar-refractivity contribution >= 4 is 11.9 Å². The molecule has 1 aliphatic heterocycles. The quantitative estimate of drug-likeness (QED) is 0.689. The lowest BCUT2D eigenvalue weighted by Crippen LogP contribution is -2.51. The smallest absolute Gasteiger partial charge is 0.248 e. The van der Waals surface area contributed by atoms with Crippen LogP contribution in [0.2, 0.25) is 0 Å². The van der Waals surface area contributed by atoms with Gasteiger partial charge in [0.05, 0.1) is 6.04 Å². The molecule has 2 heterocycles. The Morgan fingerprint density at radius 2 is 1.70 bits per heavy atom. The predicted octanol–water partition coefficient (Wildman–Crippen LogP) is 2.85. The van der Waals surface area contributed by atoms with Crippen LogP contribution in [0.15, 0.2) is 96.4 Å². The number of hydrogen-bond acceptors (Lipinski definition) is 5. The fourth-order valence-electron chi connectivity index (χ4n) is 3.49. The molecule has 3 atom stereocenters. The molecule has 4 rings (SSSR count). The van der Waals surface area contributed by atoms with Crippen molar-refractivity contribution in [2.45, 2.75) is 25.2 Å². The molecule has 1 aromatic heterocycles. The first-order valence-corrected chi connectivity index (χ1v) is 9.76. The highest BCUT2D eigenvalue weighted by atomic mass is 16.3. The van der Waals surface area contributed by atoms with Crippen molar-refractivity contribution in [1.29, 1.82) is 0 Å². The van der Waals surface area contributed by atoms with E-state index in [0.29, 0.717) is 5.96 Å². The normalized spacial score (nSPS) is 17.9. The molecule has 1 amide bonds. The van der Waals surface area contributed by atoms with E-state index in [1.807, 2.05) is 67.6 Å². The first kappa shape index (κ1) is 19.6. The van der Waals surface area contributed by atoms with Crippen LogP contribution in [0.3, 0.4) is 0 Å². The number of aliphatic hydroxyl groups excluding tert-OH is 1.